The molecule has 2 aliphatic heterocycles. The first-order valence-electron chi connectivity index (χ1n) is 8.66. The number of piperidine rings is 2. The average molecular weight is 310 g/mol. The van der Waals surface area contributed by atoms with Gasteiger partial charge < -0.3 is 9.64 Å². The van der Waals surface area contributed by atoms with E-state index in [2.05, 4.69) is 18.7 Å². The SMILES string of the molecule is CCOC(=O)C1CCCN(CC(=O)N2CC(C)CC(C)C2)C1. The predicted molar refractivity (Wildman–Crippen MR) is 85.3 cm³/mol. The highest BCUT2D eigenvalue weighted by molar-refractivity contribution is 5.78. The molecule has 2 rings (SSSR count). The van der Waals surface area contributed by atoms with E-state index in [-0.39, 0.29) is 17.8 Å². The van der Waals surface area contributed by atoms with Gasteiger partial charge in [-0.05, 0) is 44.6 Å². The molecule has 1 amide bonds. The van der Waals surface area contributed by atoms with Crippen molar-refractivity contribution in [3.05, 3.63) is 0 Å². The van der Waals surface area contributed by atoms with Crippen LogP contribution in [0.15, 0.2) is 0 Å². The van der Waals surface area contributed by atoms with Gasteiger partial charge in [0.15, 0.2) is 0 Å². The van der Waals surface area contributed by atoms with Gasteiger partial charge in [0.2, 0.25) is 5.91 Å². The standard InChI is InChI=1S/C17H30N2O3/c1-4-22-17(21)15-6-5-7-18(11-15)12-16(20)19-9-13(2)8-14(3)10-19/h13-15H,4-12H2,1-3H3. The molecule has 0 radical (unpaired) electrons. The van der Waals surface area contributed by atoms with E-state index in [1.165, 1.54) is 6.42 Å². The van der Waals surface area contributed by atoms with Gasteiger partial charge in [-0.25, -0.2) is 0 Å². The minimum atomic E-state index is -0.111. The van der Waals surface area contributed by atoms with E-state index in [0.29, 0.717) is 31.5 Å². The number of carbonyl (C=O) groups excluding carboxylic acids is 2. The summed E-state index contributed by atoms with van der Waals surface area (Å²) in [5.41, 5.74) is 0. The van der Waals surface area contributed by atoms with Crippen LogP contribution < -0.4 is 0 Å². The van der Waals surface area contributed by atoms with Crippen molar-refractivity contribution in [3.8, 4) is 0 Å². The monoisotopic (exact) mass is 310 g/mol. The normalized spacial score (nSPS) is 30.1. The van der Waals surface area contributed by atoms with Crippen LogP contribution in [0.3, 0.4) is 0 Å². The van der Waals surface area contributed by atoms with Gasteiger partial charge in [0, 0.05) is 19.6 Å². The third kappa shape index (κ3) is 4.70. The van der Waals surface area contributed by atoms with Crippen LogP contribution in [0, 0.1) is 17.8 Å². The third-order valence-corrected chi connectivity index (χ3v) is 4.71. The van der Waals surface area contributed by atoms with E-state index in [9.17, 15) is 9.59 Å². The molecule has 5 heteroatoms. The Balaban J connectivity index is 1.84. The van der Waals surface area contributed by atoms with Crippen molar-refractivity contribution < 1.29 is 14.3 Å². The Bertz CT molecular complexity index is 389. The minimum absolute atomic E-state index is 0.0688. The number of rotatable bonds is 4. The number of ether oxygens (including phenoxy) is 1. The molecule has 0 aromatic rings. The summed E-state index contributed by atoms with van der Waals surface area (Å²) in [4.78, 5) is 28.5. The smallest absolute Gasteiger partial charge is 0.310 e. The molecular weight excluding hydrogens is 280 g/mol. The Hall–Kier alpha value is -1.10. The molecule has 0 saturated carbocycles. The molecule has 2 aliphatic rings. The van der Waals surface area contributed by atoms with Crippen molar-refractivity contribution in [3.63, 3.8) is 0 Å². The van der Waals surface area contributed by atoms with Crippen LogP contribution in [-0.2, 0) is 14.3 Å². The van der Waals surface area contributed by atoms with Gasteiger partial charge in [0.25, 0.3) is 0 Å². The van der Waals surface area contributed by atoms with E-state index in [1.54, 1.807) is 0 Å². The lowest BCUT2D eigenvalue weighted by Crippen LogP contribution is -2.49. The molecule has 3 atom stereocenters. The molecule has 0 N–H and O–H groups in total. The Morgan fingerprint density at radius 3 is 2.45 bits per heavy atom. The molecule has 0 bridgehead atoms. The van der Waals surface area contributed by atoms with Gasteiger partial charge in [0.05, 0.1) is 19.1 Å². The van der Waals surface area contributed by atoms with Crippen molar-refractivity contribution in [1.29, 1.82) is 0 Å². The largest absolute Gasteiger partial charge is 0.466 e. The summed E-state index contributed by atoms with van der Waals surface area (Å²) in [5.74, 6) is 1.20. The zero-order chi connectivity index (χ0) is 16.1. The van der Waals surface area contributed by atoms with Crippen LogP contribution >= 0.6 is 0 Å². The zero-order valence-corrected chi connectivity index (χ0v) is 14.2. The molecular formula is C17H30N2O3. The second kappa shape index (κ2) is 7.95. The first-order valence-corrected chi connectivity index (χ1v) is 8.66. The molecule has 126 valence electrons. The van der Waals surface area contributed by atoms with Crippen molar-refractivity contribution in [2.24, 2.45) is 17.8 Å². The fraction of sp³-hybridized carbons (Fsp3) is 0.882. The average Bonchev–Trinajstić information content (AvgIpc) is 2.46. The summed E-state index contributed by atoms with van der Waals surface area (Å²) in [7, 11) is 0. The maximum Gasteiger partial charge on any atom is 0.310 e. The lowest BCUT2D eigenvalue weighted by Gasteiger charge is -2.37. The second-order valence-corrected chi connectivity index (χ2v) is 7.07. The summed E-state index contributed by atoms with van der Waals surface area (Å²) in [5, 5.41) is 0. The van der Waals surface area contributed by atoms with Crippen LogP contribution in [-0.4, -0.2) is 61.0 Å². The van der Waals surface area contributed by atoms with E-state index >= 15 is 0 Å². The van der Waals surface area contributed by atoms with Crippen LogP contribution in [0.5, 0.6) is 0 Å². The van der Waals surface area contributed by atoms with Gasteiger partial charge >= 0.3 is 5.97 Å². The molecule has 0 aliphatic carbocycles. The highest BCUT2D eigenvalue weighted by Gasteiger charge is 2.30. The van der Waals surface area contributed by atoms with Crippen molar-refractivity contribution in [2.75, 3.05) is 39.3 Å². The Morgan fingerprint density at radius 1 is 1.14 bits per heavy atom. The summed E-state index contributed by atoms with van der Waals surface area (Å²) >= 11 is 0. The maximum absolute atomic E-state index is 12.5. The maximum atomic E-state index is 12.5. The quantitative estimate of drug-likeness (QED) is 0.743. The van der Waals surface area contributed by atoms with Crippen LogP contribution in [0.4, 0.5) is 0 Å². The van der Waals surface area contributed by atoms with Crippen molar-refractivity contribution in [2.45, 2.75) is 40.0 Å². The lowest BCUT2D eigenvalue weighted by molar-refractivity contribution is -0.151. The number of nitrogens with zero attached hydrogens (tertiary/aromatic N) is 2. The van der Waals surface area contributed by atoms with Gasteiger partial charge in [-0.2, -0.15) is 0 Å². The van der Waals surface area contributed by atoms with Gasteiger partial charge in [-0.3, -0.25) is 14.5 Å². The number of amides is 1. The minimum Gasteiger partial charge on any atom is -0.466 e. The Morgan fingerprint density at radius 2 is 1.82 bits per heavy atom. The third-order valence-electron chi connectivity index (χ3n) is 4.71. The van der Waals surface area contributed by atoms with Gasteiger partial charge in [-0.1, -0.05) is 13.8 Å². The summed E-state index contributed by atoms with van der Waals surface area (Å²) in [6.45, 7) is 10.4. The van der Waals surface area contributed by atoms with Gasteiger partial charge in [-0.15, -0.1) is 0 Å². The lowest BCUT2D eigenvalue weighted by atomic mass is 9.92. The first-order chi connectivity index (χ1) is 10.5. The van der Waals surface area contributed by atoms with Crippen LogP contribution in [0.2, 0.25) is 0 Å². The summed E-state index contributed by atoms with van der Waals surface area (Å²) in [6, 6.07) is 0. The molecule has 0 aromatic carbocycles. The Kier molecular flexibility index (Phi) is 6.24. The van der Waals surface area contributed by atoms with Crippen LogP contribution in [0.25, 0.3) is 0 Å². The fourth-order valence-electron chi connectivity index (χ4n) is 3.81. The van der Waals surface area contributed by atoms with E-state index in [0.717, 1.165) is 32.5 Å². The number of carbonyl (C=O) groups is 2. The number of hydrogen-bond donors (Lipinski definition) is 0. The number of esters is 1. The zero-order valence-electron chi connectivity index (χ0n) is 14.2. The van der Waals surface area contributed by atoms with E-state index < -0.39 is 0 Å². The Labute approximate surface area is 134 Å². The molecule has 22 heavy (non-hydrogen) atoms. The van der Waals surface area contributed by atoms with E-state index in [4.69, 9.17) is 4.74 Å². The summed E-state index contributed by atoms with van der Waals surface area (Å²) < 4.78 is 5.12. The first kappa shape index (κ1) is 17.3. The number of likely N-dealkylation sites (tertiary alicyclic amines) is 2. The highest BCUT2D eigenvalue weighted by atomic mass is 16.5. The van der Waals surface area contributed by atoms with Crippen molar-refractivity contribution in [1.82, 2.24) is 9.80 Å². The fourth-order valence-corrected chi connectivity index (χ4v) is 3.81. The predicted octanol–water partition coefficient (Wildman–Crippen LogP) is 1.77. The number of hydrogen-bond acceptors (Lipinski definition) is 4. The molecule has 2 heterocycles. The topological polar surface area (TPSA) is 49.9 Å². The van der Waals surface area contributed by atoms with Crippen LogP contribution in [0.1, 0.15) is 40.0 Å². The second-order valence-electron chi connectivity index (χ2n) is 7.07. The molecule has 2 saturated heterocycles. The molecule has 0 aromatic heterocycles. The highest BCUT2D eigenvalue weighted by Crippen LogP contribution is 2.22. The summed E-state index contributed by atoms with van der Waals surface area (Å²) in [6.07, 6.45) is 3.04. The van der Waals surface area contributed by atoms with Crippen molar-refractivity contribution >= 4 is 11.9 Å². The molecule has 5 nitrogen and oxygen atoms in total. The molecule has 3 unspecified atom stereocenters. The van der Waals surface area contributed by atoms with E-state index in [1.807, 2.05) is 11.8 Å². The van der Waals surface area contributed by atoms with Gasteiger partial charge in [0.1, 0.15) is 0 Å². The molecule has 2 fully saturated rings. The molecule has 0 spiro atoms.